The number of nitrogens with two attached hydrogens (primary N) is 1. The number of hydrogen-bond donors (Lipinski definition) is 1. The van der Waals surface area contributed by atoms with Crippen molar-refractivity contribution >= 4 is 11.6 Å². The second-order valence-corrected chi connectivity index (χ2v) is 5.24. The second-order valence-electron chi connectivity index (χ2n) is 4.80. The second kappa shape index (κ2) is 4.37. The fourth-order valence-corrected chi connectivity index (χ4v) is 2.11. The van der Waals surface area contributed by atoms with Gasteiger partial charge in [0.15, 0.2) is 5.82 Å². The molecular formula is C13H14ClN3O. The van der Waals surface area contributed by atoms with Gasteiger partial charge in [0.05, 0.1) is 5.41 Å². The van der Waals surface area contributed by atoms with Crippen LogP contribution in [0, 0.1) is 0 Å². The van der Waals surface area contributed by atoms with Gasteiger partial charge in [0.1, 0.15) is 0 Å². The predicted octanol–water partition coefficient (Wildman–Crippen LogP) is 2.30. The summed E-state index contributed by atoms with van der Waals surface area (Å²) < 4.78 is 5.31. The van der Waals surface area contributed by atoms with Gasteiger partial charge in [-0.3, -0.25) is 0 Å². The zero-order valence-electron chi connectivity index (χ0n) is 9.90. The Morgan fingerprint density at radius 1 is 1.28 bits per heavy atom. The van der Waals surface area contributed by atoms with Gasteiger partial charge in [0.2, 0.25) is 5.89 Å². The molecule has 1 aliphatic rings. The quantitative estimate of drug-likeness (QED) is 0.919. The molecule has 2 aromatic rings. The highest BCUT2D eigenvalue weighted by Crippen LogP contribution is 2.46. The first-order valence-electron chi connectivity index (χ1n) is 5.99. The molecule has 1 aliphatic carbocycles. The summed E-state index contributed by atoms with van der Waals surface area (Å²) in [5.41, 5.74) is 6.82. The highest BCUT2D eigenvalue weighted by molar-refractivity contribution is 6.30. The summed E-state index contributed by atoms with van der Waals surface area (Å²) in [6, 6.07) is 7.66. The highest BCUT2D eigenvalue weighted by atomic mass is 35.5. The van der Waals surface area contributed by atoms with E-state index >= 15 is 0 Å². The topological polar surface area (TPSA) is 64.9 Å². The largest absolute Gasteiger partial charge is 0.339 e. The number of nitrogens with zero attached hydrogens (tertiary/aromatic N) is 2. The Kier molecular flexibility index (Phi) is 2.84. The van der Waals surface area contributed by atoms with Gasteiger partial charge in [0, 0.05) is 18.0 Å². The van der Waals surface area contributed by atoms with Crippen LogP contribution in [-0.4, -0.2) is 16.7 Å². The van der Waals surface area contributed by atoms with Gasteiger partial charge in [-0.15, -0.1) is 0 Å². The average Bonchev–Trinajstić information content (AvgIpc) is 3.06. The van der Waals surface area contributed by atoms with Crippen LogP contribution in [0.4, 0.5) is 0 Å². The standard InChI is InChI=1S/C13H14ClN3O/c14-10-3-1-9(2-4-10)7-11-16-12(18-17-11)13(8-15)5-6-13/h1-4H,5-8,15H2. The first kappa shape index (κ1) is 11.7. The fraction of sp³-hybridized carbons (Fsp3) is 0.385. The minimum absolute atomic E-state index is 0.0365. The number of hydrogen-bond acceptors (Lipinski definition) is 4. The Morgan fingerprint density at radius 2 is 2.00 bits per heavy atom. The lowest BCUT2D eigenvalue weighted by molar-refractivity contribution is 0.344. The predicted molar refractivity (Wildman–Crippen MR) is 68.5 cm³/mol. The maximum Gasteiger partial charge on any atom is 0.234 e. The molecule has 0 bridgehead atoms. The van der Waals surface area contributed by atoms with Crippen LogP contribution in [0.3, 0.4) is 0 Å². The average molecular weight is 264 g/mol. The van der Waals surface area contributed by atoms with E-state index in [-0.39, 0.29) is 5.41 Å². The van der Waals surface area contributed by atoms with Crippen LogP contribution in [0.2, 0.25) is 5.02 Å². The summed E-state index contributed by atoms with van der Waals surface area (Å²) in [5, 5.41) is 4.74. The summed E-state index contributed by atoms with van der Waals surface area (Å²) >= 11 is 5.84. The lowest BCUT2D eigenvalue weighted by atomic mass is 10.1. The van der Waals surface area contributed by atoms with E-state index in [1.165, 1.54) is 0 Å². The Labute approximate surface area is 110 Å². The van der Waals surface area contributed by atoms with Crippen molar-refractivity contribution < 1.29 is 4.52 Å². The van der Waals surface area contributed by atoms with Gasteiger partial charge >= 0.3 is 0 Å². The minimum Gasteiger partial charge on any atom is -0.339 e. The monoisotopic (exact) mass is 263 g/mol. The molecule has 0 unspecified atom stereocenters. The number of aromatic nitrogens is 2. The molecule has 1 saturated carbocycles. The summed E-state index contributed by atoms with van der Waals surface area (Å²) in [4.78, 5) is 4.44. The van der Waals surface area contributed by atoms with E-state index < -0.39 is 0 Å². The molecule has 0 atom stereocenters. The van der Waals surface area contributed by atoms with Crippen LogP contribution in [0.1, 0.15) is 30.1 Å². The Hall–Kier alpha value is -1.39. The van der Waals surface area contributed by atoms with Gasteiger partial charge < -0.3 is 10.3 Å². The van der Waals surface area contributed by atoms with Crippen LogP contribution >= 0.6 is 11.6 Å². The van der Waals surface area contributed by atoms with Crippen molar-refractivity contribution in [1.29, 1.82) is 0 Å². The molecule has 94 valence electrons. The van der Waals surface area contributed by atoms with Crippen LogP contribution < -0.4 is 5.73 Å². The van der Waals surface area contributed by atoms with E-state index in [1.54, 1.807) is 0 Å². The van der Waals surface area contributed by atoms with Crippen molar-refractivity contribution in [2.24, 2.45) is 5.73 Å². The maximum atomic E-state index is 5.84. The van der Waals surface area contributed by atoms with Crippen LogP contribution in [0.15, 0.2) is 28.8 Å². The smallest absolute Gasteiger partial charge is 0.234 e. The molecule has 4 nitrogen and oxygen atoms in total. The summed E-state index contributed by atoms with van der Waals surface area (Å²) in [6.07, 6.45) is 2.75. The molecule has 0 amide bonds. The lowest BCUT2D eigenvalue weighted by Crippen LogP contribution is -2.20. The SMILES string of the molecule is NCC1(c2nc(Cc3ccc(Cl)cc3)no2)CC1. The fourth-order valence-electron chi connectivity index (χ4n) is 1.98. The van der Waals surface area contributed by atoms with E-state index in [0.29, 0.717) is 24.7 Å². The summed E-state index contributed by atoms with van der Waals surface area (Å²) in [6.45, 7) is 0.579. The highest BCUT2D eigenvalue weighted by Gasteiger charge is 2.48. The normalized spacial score (nSPS) is 16.8. The molecule has 1 fully saturated rings. The third-order valence-electron chi connectivity index (χ3n) is 3.44. The minimum atomic E-state index is -0.0365. The first-order chi connectivity index (χ1) is 8.72. The van der Waals surface area contributed by atoms with E-state index in [9.17, 15) is 0 Å². The van der Waals surface area contributed by atoms with Crippen molar-refractivity contribution in [2.75, 3.05) is 6.54 Å². The van der Waals surface area contributed by atoms with E-state index in [0.717, 1.165) is 23.4 Å². The number of halogens is 1. The van der Waals surface area contributed by atoms with Crippen LogP contribution in [0.25, 0.3) is 0 Å². The van der Waals surface area contributed by atoms with Crippen LogP contribution in [0.5, 0.6) is 0 Å². The molecule has 2 N–H and O–H groups in total. The summed E-state index contributed by atoms with van der Waals surface area (Å²) in [7, 11) is 0. The zero-order chi connectivity index (χ0) is 12.6. The molecule has 0 saturated heterocycles. The number of rotatable bonds is 4. The van der Waals surface area contributed by atoms with Gasteiger partial charge in [-0.05, 0) is 30.5 Å². The summed E-state index contributed by atoms with van der Waals surface area (Å²) in [5.74, 6) is 1.39. The van der Waals surface area contributed by atoms with Crippen molar-refractivity contribution in [3.05, 3.63) is 46.6 Å². The molecule has 0 aliphatic heterocycles. The van der Waals surface area contributed by atoms with Gasteiger partial charge in [0.25, 0.3) is 0 Å². The third-order valence-corrected chi connectivity index (χ3v) is 3.69. The molecular weight excluding hydrogens is 250 g/mol. The molecule has 3 rings (SSSR count). The molecule has 5 heteroatoms. The van der Waals surface area contributed by atoms with Crippen LogP contribution in [-0.2, 0) is 11.8 Å². The van der Waals surface area contributed by atoms with Crippen molar-refractivity contribution in [3.8, 4) is 0 Å². The Bertz CT molecular complexity index is 546. The molecule has 18 heavy (non-hydrogen) atoms. The number of benzene rings is 1. The molecule has 1 aromatic heterocycles. The molecule has 0 spiro atoms. The van der Waals surface area contributed by atoms with E-state index in [4.69, 9.17) is 21.9 Å². The zero-order valence-corrected chi connectivity index (χ0v) is 10.7. The molecule has 1 heterocycles. The Morgan fingerprint density at radius 3 is 2.61 bits per heavy atom. The molecule has 0 radical (unpaired) electrons. The van der Waals surface area contributed by atoms with Crippen molar-refractivity contribution in [2.45, 2.75) is 24.7 Å². The first-order valence-corrected chi connectivity index (χ1v) is 6.37. The van der Waals surface area contributed by atoms with Gasteiger partial charge in [-0.25, -0.2) is 0 Å². The van der Waals surface area contributed by atoms with Crippen molar-refractivity contribution in [3.63, 3.8) is 0 Å². The van der Waals surface area contributed by atoms with E-state index in [2.05, 4.69) is 10.1 Å². The molecule has 1 aromatic carbocycles. The maximum absolute atomic E-state index is 5.84. The Balaban J connectivity index is 1.76. The third kappa shape index (κ3) is 2.13. The van der Waals surface area contributed by atoms with Gasteiger partial charge in [-0.1, -0.05) is 28.9 Å². The lowest BCUT2D eigenvalue weighted by Gasteiger charge is -2.03. The van der Waals surface area contributed by atoms with E-state index in [1.807, 2.05) is 24.3 Å². The van der Waals surface area contributed by atoms with Crippen molar-refractivity contribution in [1.82, 2.24) is 10.1 Å². The van der Waals surface area contributed by atoms with Gasteiger partial charge in [-0.2, -0.15) is 4.98 Å².